The lowest BCUT2D eigenvalue weighted by atomic mass is 10.0. The van der Waals surface area contributed by atoms with E-state index in [2.05, 4.69) is 75.9 Å². The maximum atomic E-state index is 5.42. The van der Waals surface area contributed by atoms with Crippen LogP contribution in [-0.2, 0) is 13.1 Å². The molecule has 2 N–H and O–H groups in total. The molecule has 0 aromatic heterocycles. The van der Waals surface area contributed by atoms with Gasteiger partial charge in [0.05, 0.1) is 14.2 Å². The number of benzene rings is 2. The largest absolute Gasteiger partial charge is 0.497 e. The van der Waals surface area contributed by atoms with Crippen LogP contribution in [0.5, 0.6) is 11.5 Å². The van der Waals surface area contributed by atoms with Gasteiger partial charge in [-0.1, -0.05) is 24.3 Å². The maximum absolute atomic E-state index is 5.42. The van der Waals surface area contributed by atoms with Gasteiger partial charge < -0.3 is 29.9 Å². The second-order valence-electron chi connectivity index (χ2n) is 8.41. The molecular formula is C25H37N5O2. The van der Waals surface area contributed by atoms with Crippen molar-refractivity contribution in [1.82, 2.24) is 15.5 Å². The van der Waals surface area contributed by atoms with Crippen molar-refractivity contribution in [3.8, 4) is 11.5 Å². The van der Waals surface area contributed by atoms with Gasteiger partial charge in [-0.15, -0.1) is 0 Å². The number of rotatable bonds is 8. The molecule has 1 aliphatic rings. The Hall–Kier alpha value is -2.93. The van der Waals surface area contributed by atoms with E-state index in [-0.39, 0.29) is 0 Å². The fraction of sp³-hybridized carbons (Fsp3) is 0.480. The van der Waals surface area contributed by atoms with E-state index in [1.807, 2.05) is 13.1 Å². The topological polar surface area (TPSA) is 61.4 Å². The maximum Gasteiger partial charge on any atom is 0.191 e. The number of nitrogens with zero attached hydrogens (tertiary/aromatic N) is 3. The molecular weight excluding hydrogens is 402 g/mol. The van der Waals surface area contributed by atoms with Crippen LogP contribution in [0.1, 0.15) is 24.0 Å². The SMILES string of the molecule is CN=C(NCc1ccccc1CN(C)C)NC1CCN(c2cc(OC)cc(OC)c2)CC1. The van der Waals surface area contributed by atoms with Crippen molar-refractivity contribution in [2.45, 2.75) is 32.0 Å². The number of guanidine groups is 1. The van der Waals surface area contributed by atoms with Crippen molar-refractivity contribution in [2.24, 2.45) is 4.99 Å². The number of anilines is 1. The van der Waals surface area contributed by atoms with Crippen molar-refractivity contribution in [3.63, 3.8) is 0 Å². The van der Waals surface area contributed by atoms with E-state index in [4.69, 9.17) is 9.47 Å². The smallest absolute Gasteiger partial charge is 0.191 e. The Morgan fingerprint density at radius 2 is 1.66 bits per heavy atom. The predicted molar refractivity (Wildman–Crippen MR) is 132 cm³/mol. The van der Waals surface area contributed by atoms with Crippen molar-refractivity contribution in [1.29, 1.82) is 0 Å². The van der Waals surface area contributed by atoms with Crippen LogP contribution in [0.2, 0.25) is 0 Å². The molecule has 0 saturated carbocycles. The van der Waals surface area contributed by atoms with Gasteiger partial charge in [-0.2, -0.15) is 0 Å². The molecule has 0 amide bonds. The van der Waals surface area contributed by atoms with Crippen LogP contribution in [0.4, 0.5) is 5.69 Å². The molecule has 0 spiro atoms. The van der Waals surface area contributed by atoms with Crippen LogP contribution in [0.3, 0.4) is 0 Å². The fourth-order valence-electron chi connectivity index (χ4n) is 4.05. The summed E-state index contributed by atoms with van der Waals surface area (Å²) in [5.41, 5.74) is 3.77. The first-order valence-electron chi connectivity index (χ1n) is 11.2. The molecule has 1 aliphatic heterocycles. The minimum atomic E-state index is 0.391. The molecule has 174 valence electrons. The number of aliphatic imine (C=N–C) groups is 1. The zero-order chi connectivity index (χ0) is 22.9. The molecule has 1 fully saturated rings. The quantitative estimate of drug-likeness (QED) is 0.487. The van der Waals surface area contributed by atoms with Gasteiger partial charge in [0, 0.05) is 63.2 Å². The highest BCUT2D eigenvalue weighted by Crippen LogP contribution is 2.30. The molecule has 0 bridgehead atoms. The molecule has 7 nitrogen and oxygen atoms in total. The lowest BCUT2D eigenvalue weighted by Gasteiger charge is -2.34. The zero-order valence-electron chi connectivity index (χ0n) is 20.0. The first-order chi connectivity index (χ1) is 15.5. The lowest BCUT2D eigenvalue weighted by Crippen LogP contribution is -2.48. The Balaban J connectivity index is 1.53. The first kappa shape index (κ1) is 23.7. The number of hydrogen-bond acceptors (Lipinski definition) is 5. The van der Waals surface area contributed by atoms with Crippen LogP contribution in [0.25, 0.3) is 0 Å². The molecule has 0 atom stereocenters. The molecule has 0 unspecified atom stereocenters. The summed E-state index contributed by atoms with van der Waals surface area (Å²) in [6.45, 7) is 3.62. The molecule has 7 heteroatoms. The number of methoxy groups -OCH3 is 2. The van der Waals surface area contributed by atoms with E-state index in [0.717, 1.165) is 62.2 Å². The minimum absolute atomic E-state index is 0.391. The normalized spacial score (nSPS) is 15.1. The second kappa shape index (κ2) is 11.6. The van der Waals surface area contributed by atoms with Crippen LogP contribution >= 0.6 is 0 Å². The predicted octanol–water partition coefficient (Wildman–Crippen LogP) is 3.10. The van der Waals surface area contributed by atoms with Crippen molar-refractivity contribution >= 4 is 11.6 Å². The Bertz CT molecular complexity index is 869. The van der Waals surface area contributed by atoms with Crippen LogP contribution in [0.15, 0.2) is 47.5 Å². The minimum Gasteiger partial charge on any atom is -0.497 e. The summed E-state index contributed by atoms with van der Waals surface area (Å²) in [4.78, 5) is 9.03. The fourth-order valence-corrected chi connectivity index (χ4v) is 4.05. The van der Waals surface area contributed by atoms with Gasteiger partial charge in [-0.3, -0.25) is 4.99 Å². The first-order valence-corrected chi connectivity index (χ1v) is 11.2. The van der Waals surface area contributed by atoms with E-state index in [1.165, 1.54) is 11.1 Å². The van der Waals surface area contributed by atoms with Crippen molar-refractivity contribution in [3.05, 3.63) is 53.6 Å². The van der Waals surface area contributed by atoms with Gasteiger partial charge >= 0.3 is 0 Å². The summed E-state index contributed by atoms with van der Waals surface area (Å²) < 4.78 is 10.8. The summed E-state index contributed by atoms with van der Waals surface area (Å²) >= 11 is 0. The van der Waals surface area contributed by atoms with Gasteiger partial charge in [0.15, 0.2) is 5.96 Å². The molecule has 0 radical (unpaired) electrons. The number of ether oxygens (including phenoxy) is 2. The van der Waals surface area contributed by atoms with Gasteiger partial charge in [0.2, 0.25) is 0 Å². The number of hydrogen-bond donors (Lipinski definition) is 2. The third kappa shape index (κ3) is 6.53. The van der Waals surface area contributed by atoms with Crippen LogP contribution < -0.4 is 25.0 Å². The second-order valence-corrected chi connectivity index (χ2v) is 8.41. The Morgan fingerprint density at radius 1 is 1.03 bits per heavy atom. The van der Waals surface area contributed by atoms with Gasteiger partial charge in [-0.05, 0) is 38.1 Å². The standard InChI is InChI=1S/C25H37N5O2/c1-26-25(27-17-19-8-6-7-9-20(19)18-29(2)3)28-21-10-12-30(13-11-21)22-14-23(31-4)16-24(15-22)32-5/h6-9,14-16,21H,10-13,17-18H2,1-5H3,(H2,26,27,28). The van der Waals surface area contributed by atoms with Gasteiger partial charge in [0.25, 0.3) is 0 Å². The lowest BCUT2D eigenvalue weighted by molar-refractivity contribution is 0.393. The summed E-state index contributed by atoms with van der Waals surface area (Å²) in [7, 11) is 9.40. The average molecular weight is 440 g/mol. The third-order valence-electron chi connectivity index (χ3n) is 5.81. The Kier molecular flexibility index (Phi) is 8.62. The van der Waals surface area contributed by atoms with E-state index >= 15 is 0 Å². The average Bonchev–Trinajstić information content (AvgIpc) is 2.82. The van der Waals surface area contributed by atoms with Crippen molar-refractivity contribution < 1.29 is 9.47 Å². The molecule has 3 rings (SSSR count). The number of piperidine rings is 1. The molecule has 1 heterocycles. The molecule has 1 saturated heterocycles. The summed E-state index contributed by atoms with van der Waals surface area (Å²) in [6, 6.07) is 15.0. The highest BCUT2D eigenvalue weighted by molar-refractivity contribution is 5.80. The summed E-state index contributed by atoms with van der Waals surface area (Å²) in [6.07, 6.45) is 2.08. The number of nitrogens with one attached hydrogen (secondary N) is 2. The Morgan fingerprint density at radius 3 is 2.22 bits per heavy atom. The van der Waals surface area contributed by atoms with Gasteiger partial charge in [-0.25, -0.2) is 0 Å². The molecule has 32 heavy (non-hydrogen) atoms. The van der Waals surface area contributed by atoms with E-state index < -0.39 is 0 Å². The molecule has 0 aliphatic carbocycles. The van der Waals surface area contributed by atoms with E-state index in [1.54, 1.807) is 14.2 Å². The monoisotopic (exact) mass is 439 g/mol. The molecule has 2 aromatic carbocycles. The van der Waals surface area contributed by atoms with E-state index in [0.29, 0.717) is 6.04 Å². The third-order valence-corrected chi connectivity index (χ3v) is 5.81. The summed E-state index contributed by atoms with van der Waals surface area (Å²) in [5, 5.41) is 7.10. The highest BCUT2D eigenvalue weighted by atomic mass is 16.5. The van der Waals surface area contributed by atoms with Crippen molar-refractivity contribution in [2.75, 3.05) is 53.4 Å². The zero-order valence-corrected chi connectivity index (χ0v) is 20.0. The summed E-state index contributed by atoms with van der Waals surface area (Å²) in [5.74, 6) is 2.49. The van der Waals surface area contributed by atoms with Crippen LogP contribution in [-0.4, -0.2) is 65.4 Å². The molecule has 2 aromatic rings. The Labute approximate surface area is 192 Å². The highest BCUT2D eigenvalue weighted by Gasteiger charge is 2.21. The van der Waals surface area contributed by atoms with Crippen LogP contribution in [0, 0.1) is 0 Å². The van der Waals surface area contributed by atoms with E-state index in [9.17, 15) is 0 Å². The van der Waals surface area contributed by atoms with Gasteiger partial charge in [0.1, 0.15) is 11.5 Å².